The van der Waals surface area contributed by atoms with Crippen molar-refractivity contribution in [2.75, 3.05) is 0 Å². The summed E-state index contributed by atoms with van der Waals surface area (Å²) in [6.45, 7) is 8.71. The molecule has 154 valence electrons. The smallest absolute Gasteiger partial charge is 0.266 e. The van der Waals surface area contributed by atoms with Crippen LogP contribution in [0.15, 0.2) is 50.4 Å². The molecule has 0 atom stereocenters. The molecule has 0 radical (unpaired) electrons. The van der Waals surface area contributed by atoms with E-state index in [1.54, 1.807) is 11.2 Å². The number of aromatic nitrogens is 1. The predicted octanol–water partition coefficient (Wildman–Crippen LogP) is 6.47. The third kappa shape index (κ3) is 3.82. The lowest BCUT2D eigenvalue weighted by atomic mass is 10.1. The van der Waals surface area contributed by atoms with E-state index in [2.05, 4.69) is 66.4 Å². The molecule has 2 aromatic heterocycles. The maximum Gasteiger partial charge on any atom is 0.266 e. The molecule has 1 aromatic carbocycles. The molecule has 4 rings (SSSR count). The monoisotopic (exact) mass is 500 g/mol. The molecular formula is C23H21BrN2O2S2. The standard InChI is InChI=1S/C23H21BrN2O2S2/c1-13-8-18(9-14(2)21(13)24)26-15(3)10-17(16(26)4)11-20-22(27)25(23(29)30-20)12-19-6-5-7-28-19/h5-11H,12H2,1-4H3/b20-11-. The van der Waals surface area contributed by atoms with Crippen molar-refractivity contribution in [1.29, 1.82) is 0 Å². The lowest BCUT2D eigenvalue weighted by molar-refractivity contribution is -0.122. The van der Waals surface area contributed by atoms with Gasteiger partial charge in [0.25, 0.3) is 5.91 Å². The second-order valence-electron chi connectivity index (χ2n) is 7.40. The molecule has 1 fully saturated rings. The van der Waals surface area contributed by atoms with E-state index in [1.807, 2.05) is 18.2 Å². The Morgan fingerprint density at radius 1 is 1.17 bits per heavy atom. The molecular weight excluding hydrogens is 480 g/mol. The Balaban J connectivity index is 1.68. The lowest BCUT2D eigenvalue weighted by Crippen LogP contribution is -2.27. The van der Waals surface area contributed by atoms with Gasteiger partial charge in [0.1, 0.15) is 10.1 Å². The molecule has 0 aliphatic carbocycles. The van der Waals surface area contributed by atoms with Crippen molar-refractivity contribution in [1.82, 2.24) is 9.47 Å². The van der Waals surface area contributed by atoms with Crippen molar-refractivity contribution < 1.29 is 9.21 Å². The number of thioether (sulfide) groups is 1. The summed E-state index contributed by atoms with van der Waals surface area (Å²) in [5, 5.41) is 0. The molecule has 1 aliphatic heterocycles. The maximum absolute atomic E-state index is 12.9. The first-order chi connectivity index (χ1) is 14.3. The third-order valence-corrected chi connectivity index (χ3v) is 7.83. The minimum Gasteiger partial charge on any atom is -0.467 e. The number of benzene rings is 1. The number of carbonyl (C=O) groups excluding carboxylic acids is 1. The van der Waals surface area contributed by atoms with Crippen LogP contribution in [0.25, 0.3) is 11.8 Å². The molecule has 7 heteroatoms. The molecule has 0 spiro atoms. The molecule has 1 amide bonds. The van der Waals surface area contributed by atoms with Crippen LogP contribution in [0.4, 0.5) is 0 Å². The van der Waals surface area contributed by atoms with Crippen LogP contribution in [-0.4, -0.2) is 19.7 Å². The summed E-state index contributed by atoms with van der Waals surface area (Å²) < 4.78 is 9.28. The summed E-state index contributed by atoms with van der Waals surface area (Å²) in [5.74, 6) is 0.633. The van der Waals surface area contributed by atoms with Crippen LogP contribution in [0.3, 0.4) is 0 Å². The minimum atomic E-state index is -0.0819. The summed E-state index contributed by atoms with van der Waals surface area (Å²) in [4.78, 5) is 15.2. The largest absolute Gasteiger partial charge is 0.467 e. The van der Waals surface area contributed by atoms with Gasteiger partial charge in [0.2, 0.25) is 0 Å². The van der Waals surface area contributed by atoms with Crippen molar-refractivity contribution in [3.8, 4) is 5.69 Å². The van der Waals surface area contributed by atoms with Gasteiger partial charge in [0.05, 0.1) is 17.7 Å². The highest BCUT2D eigenvalue weighted by molar-refractivity contribution is 9.10. The van der Waals surface area contributed by atoms with Crippen LogP contribution in [-0.2, 0) is 11.3 Å². The molecule has 3 heterocycles. The van der Waals surface area contributed by atoms with E-state index in [-0.39, 0.29) is 5.91 Å². The van der Waals surface area contributed by atoms with E-state index in [0.717, 1.165) is 27.1 Å². The van der Waals surface area contributed by atoms with Gasteiger partial charge in [0.15, 0.2) is 0 Å². The molecule has 0 unspecified atom stereocenters. The third-order valence-electron chi connectivity index (χ3n) is 5.20. The number of nitrogens with zero attached hydrogens (tertiary/aromatic N) is 2. The number of furan rings is 1. The average Bonchev–Trinajstić information content (AvgIpc) is 3.36. The fourth-order valence-corrected chi connectivity index (χ4v) is 5.19. The van der Waals surface area contributed by atoms with Gasteiger partial charge in [-0.25, -0.2) is 0 Å². The van der Waals surface area contributed by atoms with Crippen molar-refractivity contribution in [2.45, 2.75) is 34.2 Å². The fourth-order valence-electron chi connectivity index (χ4n) is 3.72. The zero-order chi connectivity index (χ0) is 21.6. The van der Waals surface area contributed by atoms with Crippen molar-refractivity contribution >= 4 is 56.2 Å². The highest BCUT2D eigenvalue weighted by atomic mass is 79.9. The molecule has 1 aliphatic rings. The predicted molar refractivity (Wildman–Crippen MR) is 130 cm³/mol. The van der Waals surface area contributed by atoms with E-state index >= 15 is 0 Å². The summed E-state index contributed by atoms with van der Waals surface area (Å²) >= 11 is 10.4. The Morgan fingerprint density at radius 3 is 2.50 bits per heavy atom. The first-order valence-electron chi connectivity index (χ1n) is 9.50. The Hall–Kier alpha value is -2.09. The number of carbonyl (C=O) groups is 1. The maximum atomic E-state index is 12.9. The Bertz CT molecular complexity index is 1170. The van der Waals surface area contributed by atoms with Crippen LogP contribution < -0.4 is 0 Å². The number of thiocarbonyl (C=S) groups is 1. The Labute approximate surface area is 194 Å². The van der Waals surface area contributed by atoms with Crippen molar-refractivity contribution in [3.63, 3.8) is 0 Å². The molecule has 3 aromatic rings. The van der Waals surface area contributed by atoms with Crippen LogP contribution in [0, 0.1) is 27.7 Å². The molecule has 0 bridgehead atoms. The second kappa shape index (κ2) is 8.21. The number of hydrogen-bond acceptors (Lipinski definition) is 4. The fraction of sp³-hybridized carbons (Fsp3) is 0.217. The van der Waals surface area contributed by atoms with Gasteiger partial charge in [-0.2, -0.15) is 0 Å². The van der Waals surface area contributed by atoms with Gasteiger partial charge in [-0.3, -0.25) is 9.69 Å². The van der Waals surface area contributed by atoms with Gasteiger partial charge < -0.3 is 8.98 Å². The normalized spacial score (nSPS) is 15.6. The number of aryl methyl sites for hydroxylation is 3. The number of amides is 1. The topological polar surface area (TPSA) is 38.4 Å². The van der Waals surface area contributed by atoms with Crippen LogP contribution in [0.5, 0.6) is 0 Å². The zero-order valence-corrected chi connectivity index (χ0v) is 20.4. The van der Waals surface area contributed by atoms with Crippen LogP contribution >= 0.6 is 39.9 Å². The van der Waals surface area contributed by atoms with Gasteiger partial charge in [-0.05, 0) is 80.8 Å². The quantitative estimate of drug-likeness (QED) is 0.304. The van der Waals surface area contributed by atoms with Gasteiger partial charge in [-0.15, -0.1) is 0 Å². The SMILES string of the molecule is Cc1cc(-n2c(C)cc(/C=C3\SC(=S)N(Cc4ccco4)C3=O)c2C)cc(C)c1Br. The van der Waals surface area contributed by atoms with E-state index < -0.39 is 0 Å². The van der Waals surface area contributed by atoms with Crippen molar-refractivity contribution in [3.05, 3.63) is 79.8 Å². The first-order valence-corrected chi connectivity index (χ1v) is 11.5. The highest BCUT2D eigenvalue weighted by Crippen LogP contribution is 2.35. The van der Waals surface area contributed by atoms with Crippen molar-refractivity contribution in [2.24, 2.45) is 0 Å². The van der Waals surface area contributed by atoms with E-state index in [9.17, 15) is 4.79 Å². The van der Waals surface area contributed by atoms with Crippen LogP contribution in [0.1, 0.15) is 33.8 Å². The molecule has 30 heavy (non-hydrogen) atoms. The van der Waals surface area contributed by atoms with Gasteiger partial charge in [-0.1, -0.05) is 39.9 Å². The highest BCUT2D eigenvalue weighted by Gasteiger charge is 2.32. The average molecular weight is 501 g/mol. The van der Waals surface area contributed by atoms with E-state index in [0.29, 0.717) is 21.5 Å². The second-order valence-corrected chi connectivity index (χ2v) is 9.87. The molecule has 0 saturated carbocycles. The number of halogens is 1. The minimum absolute atomic E-state index is 0.0819. The van der Waals surface area contributed by atoms with Gasteiger partial charge in [0, 0.05) is 21.5 Å². The summed E-state index contributed by atoms with van der Waals surface area (Å²) in [5.41, 5.74) is 6.73. The summed E-state index contributed by atoms with van der Waals surface area (Å²) in [6.07, 6.45) is 3.54. The Morgan fingerprint density at radius 2 is 1.87 bits per heavy atom. The zero-order valence-electron chi connectivity index (χ0n) is 17.2. The first kappa shape index (κ1) is 21.2. The van der Waals surface area contributed by atoms with E-state index in [4.69, 9.17) is 16.6 Å². The Kier molecular flexibility index (Phi) is 5.79. The lowest BCUT2D eigenvalue weighted by Gasteiger charge is -2.13. The summed E-state index contributed by atoms with van der Waals surface area (Å²) in [7, 11) is 0. The molecule has 4 nitrogen and oxygen atoms in total. The number of rotatable bonds is 4. The van der Waals surface area contributed by atoms with E-state index in [1.165, 1.54) is 22.9 Å². The van der Waals surface area contributed by atoms with Crippen LogP contribution in [0.2, 0.25) is 0 Å². The molecule has 0 N–H and O–H groups in total. The summed E-state index contributed by atoms with van der Waals surface area (Å²) in [6, 6.07) is 10.1. The molecule has 1 saturated heterocycles. The number of hydrogen-bond donors (Lipinski definition) is 0. The van der Waals surface area contributed by atoms with Gasteiger partial charge >= 0.3 is 0 Å².